The van der Waals surface area contributed by atoms with Crippen LogP contribution in [0.4, 0.5) is 5.82 Å². The molecule has 1 aliphatic rings. The number of benzene rings is 1. The van der Waals surface area contributed by atoms with Crippen molar-refractivity contribution in [2.24, 2.45) is 0 Å². The number of anilines is 1. The number of aryl methyl sites for hydroxylation is 2. The predicted octanol–water partition coefficient (Wildman–Crippen LogP) is 2.18. The van der Waals surface area contributed by atoms with E-state index in [1.165, 1.54) is 0 Å². The van der Waals surface area contributed by atoms with Crippen molar-refractivity contribution in [1.29, 1.82) is 0 Å². The molecule has 0 bridgehead atoms. The minimum absolute atomic E-state index is 0.0501. The first kappa shape index (κ1) is 18.6. The highest BCUT2D eigenvalue weighted by molar-refractivity contribution is 7.89. The monoisotopic (exact) mass is 376 g/mol. The first-order valence-electron chi connectivity index (χ1n) is 8.62. The average molecular weight is 376 g/mol. The number of nitrogens with zero attached hydrogens (tertiary/aromatic N) is 3. The molecule has 0 saturated carbocycles. The summed E-state index contributed by atoms with van der Waals surface area (Å²) >= 11 is 0. The van der Waals surface area contributed by atoms with E-state index in [4.69, 9.17) is 4.74 Å². The molecule has 0 spiro atoms. The molecule has 8 heteroatoms. The number of methoxy groups -OCH3 is 1. The molecule has 0 aliphatic carbocycles. The molecule has 2 aromatic rings. The van der Waals surface area contributed by atoms with Crippen molar-refractivity contribution < 1.29 is 13.2 Å². The molecule has 26 heavy (non-hydrogen) atoms. The van der Waals surface area contributed by atoms with Gasteiger partial charge in [-0.25, -0.2) is 23.1 Å². The summed E-state index contributed by atoms with van der Waals surface area (Å²) in [4.78, 5) is 11.1. The van der Waals surface area contributed by atoms with E-state index in [0.29, 0.717) is 17.1 Å². The van der Waals surface area contributed by atoms with Gasteiger partial charge in [-0.1, -0.05) is 0 Å². The SMILES string of the molecule is COc1cc(C)c(S(=O)(=O)NCc2nccc(N3CCCC3)n2)cc1C. The first-order chi connectivity index (χ1) is 12.4. The maximum absolute atomic E-state index is 12.7. The molecular weight excluding hydrogens is 352 g/mol. The van der Waals surface area contributed by atoms with Gasteiger partial charge in [-0.05, 0) is 56.0 Å². The maximum atomic E-state index is 12.7. The van der Waals surface area contributed by atoms with E-state index in [0.717, 1.165) is 37.3 Å². The summed E-state index contributed by atoms with van der Waals surface area (Å²) in [6, 6.07) is 5.21. The zero-order valence-corrected chi connectivity index (χ0v) is 16.1. The standard InChI is InChI=1S/C18H24N4O3S/c1-13-11-16(14(2)10-15(13)25-3)26(23,24)20-12-17-19-7-6-18(21-17)22-8-4-5-9-22/h6-7,10-11,20H,4-5,8-9,12H2,1-3H3. The highest BCUT2D eigenvalue weighted by Crippen LogP contribution is 2.25. The van der Waals surface area contributed by atoms with Crippen molar-refractivity contribution >= 4 is 15.8 Å². The fraction of sp³-hybridized carbons (Fsp3) is 0.444. The first-order valence-corrected chi connectivity index (χ1v) is 10.1. The minimum Gasteiger partial charge on any atom is -0.496 e. The number of nitrogens with one attached hydrogen (secondary N) is 1. The number of hydrogen-bond donors (Lipinski definition) is 1. The average Bonchev–Trinajstić information content (AvgIpc) is 3.16. The Bertz CT molecular complexity index is 893. The summed E-state index contributed by atoms with van der Waals surface area (Å²) in [5.74, 6) is 1.98. The van der Waals surface area contributed by atoms with Crippen LogP contribution in [0, 0.1) is 13.8 Å². The second-order valence-corrected chi connectivity index (χ2v) is 8.17. The lowest BCUT2D eigenvalue weighted by Gasteiger charge is -2.16. The van der Waals surface area contributed by atoms with Crippen molar-refractivity contribution in [3.05, 3.63) is 41.3 Å². The molecule has 1 fully saturated rings. The lowest BCUT2D eigenvalue weighted by Crippen LogP contribution is -2.26. The van der Waals surface area contributed by atoms with Crippen LogP contribution in [0.15, 0.2) is 29.3 Å². The van der Waals surface area contributed by atoms with Crippen molar-refractivity contribution in [2.75, 3.05) is 25.1 Å². The molecular formula is C18H24N4O3S. The van der Waals surface area contributed by atoms with Gasteiger partial charge < -0.3 is 9.64 Å². The normalized spacial score (nSPS) is 14.7. The van der Waals surface area contributed by atoms with Crippen LogP contribution >= 0.6 is 0 Å². The molecule has 2 heterocycles. The van der Waals surface area contributed by atoms with E-state index in [1.807, 2.05) is 13.0 Å². The molecule has 3 rings (SSSR count). The molecule has 1 aromatic heterocycles. The number of aromatic nitrogens is 2. The Hall–Kier alpha value is -2.19. The van der Waals surface area contributed by atoms with E-state index >= 15 is 0 Å². The van der Waals surface area contributed by atoms with E-state index in [1.54, 1.807) is 32.4 Å². The Labute approximate surface area is 154 Å². The van der Waals surface area contributed by atoms with Gasteiger partial charge >= 0.3 is 0 Å². The maximum Gasteiger partial charge on any atom is 0.241 e. The number of hydrogen-bond acceptors (Lipinski definition) is 6. The molecule has 7 nitrogen and oxygen atoms in total. The van der Waals surface area contributed by atoms with Crippen LogP contribution in [-0.4, -0.2) is 38.6 Å². The largest absolute Gasteiger partial charge is 0.496 e. The quantitative estimate of drug-likeness (QED) is 0.832. The van der Waals surface area contributed by atoms with Gasteiger partial charge in [0.25, 0.3) is 0 Å². The van der Waals surface area contributed by atoms with Gasteiger partial charge in [0.2, 0.25) is 10.0 Å². The summed E-state index contributed by atoms with van der Waals surface area (Å²) in [5, 5.41) is 0. The highest BCUT2D eigenvalue weighted by Gasteiger charge is 2.20. The minimum atomic E-state index is -3.67. The van der Waals surface area contributed by atoms with Crippen molar-refractivity contribution in [3.63, 3.8) is 0 Å². The van der Waals surface area contributed by atoms with E-state index < -0.39 is 10.0 Å². The molecule has 0 radical (unpaired) electrons. The predicted molar refractivity (Wildman–Crippen MR) is 100.0 cm³/mol. The van der Waals surface area contributed by atoms with E-state index in [-0.39, 0.29) is 11.4 Å². The van der Waals surface area contributed by atoms with Crippen LogP contribution < -0.4 is 14.4 Å². The number of ether oxygens (including phenoxy) is 1. The third-order valence-electron chi connectivity index (χ3n) is 4.52. The zero-order valence-electron chi connectivity index (χ0n) is 15.3. The van der Waals surface area contributed by atoms with Gasteiger partial charge in [-0.15, -0.1) is 0 Å². The molecule has 0 atom stereocenters. The van der Waals surface area contributed by atoms with Gasteiger partial charge in [-0.3, -0.25) is 0 Å². The second kappa shape index (κ2) is 7.59. The number of rotatable bonds is 6. The van der Waals surface area contributed by atoms with Gasteiger partial charge in [-0.2, -0.15) is 0 Å². The molecule has 1 aromatic carbocycles. The Morgan fingerprint density at radius 3 is 2.62 bits per heavy atom. The Balaban J connectivity index is 1.76. The Morgan fingerprint density at radius 1 is 1.19 bits per heavy atom. The lowest BCUT2D eigenvalue weighted by molar-refractivity contribution is 0.411. The second-order valence-electron chi connectivity index (χ2n) is 6.44. The summed E-state index contributed by atoms with van der Waals surface area (Å²) in [7, 11) is -2.10. The van der Waals surface area contributed by atoms with Gasteiger partial charge in [0.15, 0.2) is 0 Å². The van der Waals surface area contributed by atoms with Crippen LogP contribution in [-0.2, 0) is 16.6 Å². The summed E-state index contributed by atoms with van der Waals surface area (Å²) < 4.78 is 33.3. The van der Waals surface area contributed by atoms with Crippen LogP contribution in [0.3, 0.4) is 0 Å². The van der Waals surface area contributed by atoms with Crippen molar-refractivity contribution in [1.82, 2.24) is 14.7 Å². The van der Waals surface area contributed by atoms with Crippen molar-refractivity contribution in [3.8, 4) is 5.75 Å². The fourth-order valence-electron chi connectivity index (χ4n) is 3.11. The molecule has 0 amide bonds. The smallest absolute Gasteiger partial charge is 0.241 e. The Morgan fingerprint density at radius 2 is 1.92 bits per heavy atom. The van der Waals surface area contributed by atoms with E-state index in [9.17, 15) is 8.42 Å². The van der Waals surface area contributed by atoms with Gasteiger partial charge in [0.1, 0.15) is 17.4 Å². The van der Waals surface area contributed by atoms with Gasteiger partial charge in [0, 0.05) is 19.3 Å². The molecule has 1 aliphatic heterocycles. The summed E-state index contributed by atoms with van der Waals surface area (Å²) in [5.41, 5.74) is 1.40. The third-order valence-corrected chi connectivity index (χ3v) is 6.07. The van der Waals surface area contributed by atoms with E-state index in [2.05, 4.69) is 19.6 Å². The lowest BCUT2D eigenvalue weighted by atomic mass is 10.1. The highest BCUT2D eigenvalue weighted by atomic mass is 32.2. The van der Waals surface area contributed by atoms with Crippen LogP contribution in [0.2, 0.25) is 0 Å². The van der Waals surface area contributed by atoms with Crippen LogP contribution in [0.25, 0.3) is 0 Å². The third kappa shape index (κ3) is 3.96. The zero-order chi connectivity index (χ0) is 18.7. The van der Waals surface area contributed by atoms with Gasteiger partial charge in [0.05, 0.1) is 18.6 Å². The van der Waals surface area contributed by atoms with Crippen molar-refractivity contribution in [2.45, 2.75) is 38.1 Å². The van der Waals surface area contributed by atoms with Crippen LogP contribution in [0.1, 0.15) is 29.8 Å². The summed E-state index contributed by atoms with van der Waals surface area (Å²) in [6.07, 6.45) is 3.98. The fourth-order valence-corrected chi connectivity index (χ4v) is 4.40. The number of sulfonamides is 1. The molecule has 1 N–H and O–H groups in total. The van der Waals surface area contributed by atoms with Crippen LogP contribution in [0.5, 0.6) is 5.75 Å². The topological polar surface area (TPSA) is 84.4 Å². The Kier molecular flexibility index (Phi) is 5.43. The molecule has 140 valence electrons. The summed E-state index contributed by atoms with van der Waals surface area (Å²) in [6.45, 7) is 5.58. The molecule has 1 saturated heterocycles. The molecule has 0 unspecified atom stereocenters.